The lowest BCUT2D eigenvalue weighted by atomic mass is 10.0. The zero-order chi connectivity index (χ0) is 13.2. The summed E-state index contributed by atoms with van der Waals surface area (Å²) in [6.07, 6.45) is 2.67. The van der Waals surface area contributed by atoms with Crippen molar-refractivity contribution in [2.45, 2.75) is 13.3 Å². The number of benzene rings is 1. The molecule has 0 atom stereocenters. The van der Waals surface area contributed by atoms with Crippen LogP contribution >= 0.6 is 0 Å². The summed E-state index contributed by atoms with van der Waals surface area (Å²) in [6, 6.07) is 13.8. The largest absolute Gasteiger partial charge is 0.306 e. The number of aromatic nitrogens is 2. The molecule has 3 heteroatoms. The number of hydrogen-bond donors (Lipinski definition) is 1. The van der Waals surface area contributed by atoms with Crippen LogP contribution in [-0.4, -0.2) is 9.97 Å². The van der Waals surface area contributed by atoms with E-state index in [0.29, 0.717) is 11.2 Å². The Morgan fingerprint density at radius 3 is 2.68 bits per heavy atom. The van der Waals surface area contributed by atoms with Gasteiger partial charge >= 0.3 is 0 Å². The fourth-order valence-corrected chi connectivity index (χ4v) is 2.17. The van der Waals surface area contributed by atoms with Gasteiger partial charge in [-0.25, -0.2) is 4.98 Å². The molecule has 0 aliphatic rings. The molecule has 0 fully saturated rings. The second kappa shape index (κ2) is 4.69. The minimum Gasteiger partial charge on any atom is -0.306 e. The van der Waals surface area contributed by atoms with Gasteiger partial charge in [-0.3, -0.25) is 4.79 Å². The number of hydrogen-bond acceptors (Lipinski definition) is 2. The smallest absolute Gasteiger partial charge is 0.257 e. The zero-order valence-corrected chi connectivity index (χ0v) is 10.7. The van der Waals surface area contributed by atoms with Gasteiger partial charge in [0, 0.05) is 17.1 Å². The van der Waals surface area contributed by atoms with E-state index in [0.717, 1.165) is 17.4 Å². The van der Waals surface area contributed by atoms with Crippen LogP contribution in [-0.2, 0) is 6.42 Å². The Labute approximate surface area is 111 Å². The van der Waals surface area contributed by atoms with Gasteiger partial charge in [-0.2, -0.15) is 0 Å². The number of aromatic amines is 1. The quantitative estimate of drug-likeness (QED) is 0.759. The lowest BCUT2D eigenvalue weighted by Gasteiger charge is -2.04. The van der Waals surface area contributed by atoms with Crippen LogP contribution in [0, 0.1) is 0 Å². The summed E-state index contributed by atoms with van der Waals surface area (Å²) in [5.41, 5.74) is 3.41. The lowest BCUT2D eigenvalue weighted by Crippen LogP contribution is -2.09. The van der Waals surface area contributed by atoms with E-state index < -0.39 is 0 Å². The standard InChI is InChI=1S/C16H14N2O/c1-2-11-5-7-12(8-6-11)14-10-13-4-3-9-17-15(13)18-16(14)19/h3-10H,2H2,1H3,(H,17,18,19). The number of H-pyrrole nitrogens is 1. The minimum atomic E-state index is -0.101. The van der Waals surface area contributed by atoms with Crippen molar-refractivity contribution in [2.24, 2.45) is 0 Å². The van der Waals surface area contributed by atoms with Crippen molar-refractivity contribution in [1.82, 2.24) is 9.97 Å². The van der Waals surface area contributed by atoms with E-state index in [4.69, 9.17) is 0 Å². The molecule has 3 nitrogen and oxygen atoms in total. The molecule has 94 valence electrons. The molecule has 19 heavy (non-hydrogen) atoms. The van der Waals surface area contributed by atoms with Crippen LogP contribution in [0.15, 0.2) is 53.5 Å². The molecule has 0 bridgehead atoms. The van der Waals surface area contributed by atoms with E-state index >= 15 is 0 Å². The highest BCUT2D eigenvalue weighted by Gasteiger charge is 2.05. The topological polar surface area (TPSA) is 45.8 Å². The first-order valence-corrected chi connectivity index (χ1v) is 6.35. The molecule has 0 aliphatic carbocycles. The number of rotatable bonds is 2. The summed E-state index contributed by atoms with van der Waals surface area (Å²) < 4.78 is 0. The van der Waals surface area contributed by atoms with Gasteiger partial charge < -0.3 is 4.98 Å². The summed E-state index contributed by atoms with van der Waals surface area (Å²) in [5.74, 6) is 0. The molecule has 2 heterocycles. The third kappa shape index (κ3) is 2.15. The summed E-state index contributed by atoms with van der Waals surface area (Å²) in [4.78, 5) is 19.1. The van der Waals surface area contributed by atoms with Crippen LogP contribution in [0.4, 0.5) is 0 Å². The molecule has 0 saturated carbocycles. The van der Waals surface area contributed by atoms with Gasteiger partial charge in [0.2, 0.25) is 0 Å². The van der Waals surface area contributed by atoms with Gasteiger partial charge in [-0.05, 0) is 35.7 Å². The summed E-state index contributed by atoms with van der Waals surface area (Å²) in [7, 11) is 0. The van der Waals surface area contributed by atoms with Crippen LogP contribution in [0.5, 0.6) is 0 Å². The average molecular weight is 250 g/mol. The van der Waals surface area contributed by atoms with E-state index in [-0.39, 0.29) is 5.56 Å². The van der Waals surface area contributed by atoms with Gasteiger partial charge in [0.1, 0.15) is 5.65 Å². The molecule has 0 spiro atoms. The van der Waals surface area contributed by atoms with Gasteiger partial charge in [0.25, 0.3) is 5.56 Å². The number of nitrogens with zero attached hydrogens (tertiary/aromatic N) is 1. The summed E-state index contributed by atoms with van der Waals surface area (Å²) in [5, 5.41) is 0.941. The molecule has 1 N–H and O–H groups in total. The maximum Gasteiger partial charge on any atom is 0.257 e. The minimum absolute atomic E-state index is 0.101. The van der Waals surface area contributed by atoms with Gasteiger partial charge in [-0.15, -0.1) is 0 Å². The van der Waals surface area contributed by atoms with Crippen LogP contribution < -0.4 is 5.56 Å². The predicted molar refractivity (Wildman–Crippen MR) is 77.2 cm³/mol. The molecule has 3 rings (SSSR count). The molecular formula is C16H14N2O. The normalized spacial score (nSPS) is 10.8. The van der Waals surface area contributed by atoms with Crippen molar-refractivity contribution in [2.75, 3.05) is 0 Å². The van der Waals surface area contributed by atoms with Crippen molar-refractivity contribution in [3.63, 3.8) is 0 Å². The first kappa shape index (κ1) is 11.7. The summed E-state index contributed by atoms with van der Waals surface area (Å²) in [6.45, 7) is 2.11. The van der Waals surface area contributed by atoms with Crippen LogP contribution in [0.1, 0.15) is 12.5 Å². The molecule has 3 aromatic rings. The Hall–Kier alpha value is -2.42. The first-order chi connectivity index (χ1) is 9.28. The van der Waals surface area contributed by atoms with Crippen molar-refractivity contribution >= 4 is 11.0 Å². The van der Waals surface area contributed by atoms with Gasteiger partial charge in [-0.1, -0.05) is 31.2 Å². The van der Waals surface area contributed by atoms with Crippen LogP contribution in [0.25, 0.3) is 22.2 Å². The van der Waals surface area contributed by atoms with E-state index in [9.17, 15) is 4.79 Å². The fraction of sp³-hybridized carbons (Fsp3) is 0.125. The Bertz CT molecular complexity index is 773. The number of fused-ring (bicyclic) bond motifs is 1. The van der Waals surface area contributed by atoms with Gasteiger partial charge in [0.15, 0.2) is 0 Å². The second-order valence-electron chi connectivity index (χ2n) is 4.50. The maximum atomic E-state index is 12.1. The van der Waals surface area contributed by atoms with Crippen LogP contribution in [0.2, 0.25) is 0 Å². The SMILES string of the molecule is CCc1ccc(-c2cc3cccnc3[nH]c2=O)cc1. The average Bonchev–Trinajstić information content (AvgIpc) is 2.47. The van der Waals surface area contributed by atoms with Gasteiger partial charge in [0.05, 0.1) is 0 Å². The third-order valence-corrected chi connectivity index (χ3v) is 3.29. The maximum absolute atomic E-state index is 12.1. The number of nitrogens with one attached hydrogen (secondary N) is 1. The Balaban J connectivity index is 2.18. The molecule has 0 aliphatic heterocycles. The monoisotopic (exact) mass is 250 g/mol. The zero-order valence-electron chi connectivity index (χ0n) is 10.7. The Kier molecular flexibility index (Phi) is 2.88. The molecule has 0 saturated heterocycles. The molecule has 0 amide bonds. The number of aryl methyl sites for hydroxylation is 1. The third-order valence-electron chi connectivity index (χ3n) is 3.29. The van der Waals surface area contributed by atoms with Crippen LogP contribution in [0.3, 0.4) is 0 Å². The Morgan fingerprint density at radius 2 is 1.95 bits per heavy atom. The lowest BCUT2D eigenvalue weighted by molar-refractivity contribution is 1.14. The van der Waals surface area contributed by atoms with Crippen molar-refractivity contribution < 1.29 is 0 Å². The van der Waals surface area contributed by atoms with E-state index in [1.165, 1.54) is 5.56 Å². The highest BCUT2D eigenvalue weighted by Crippen LogP contribution is 2.19. The first-order valence-electron chi connectivity index (χ1n) is 6.35. The summed E-state index contributed by atoms with van der Waals surface area (Å²) >= 11 is 0. The second-order valence-corrected chi connectivity index (χ2v) is 4.50. The highest BCUT2D eigenvalue weighted by atomic mass is 16.1. The molecular weight excluding hydrogens is 236 g/mol. The van der Waals surface area contributed by atoms with E-state index in [1.54, 1.807) is 6.20 Å². The fourth-order valence-electron chi connectivity index (χ4n) is 2.17. The molecule has 0 unspecified atom stereocenters. The van der Waals surface area contributed by atoms with Crippen molar-refractivity contribution in [3.8, 4) is 11.1 Å². The molecule has 2 aromatic heterocycles. The predicted octanol–water partition coefficient (Wildman–Crippen LogP) is 3.15. The highest BCUT2D eigenvalue weighted by molar-refractivity contribution is 5.80. The number of pyridine rings is 2. The molecule has 1 aromatic carbocycles. The van der Waals surface area contributed by atoms with Crippen molar-refractivity contribution in [1.29, 1.82) is 0 Å². The van der Waals surface area contributed by atoms with E-state index in [1.807, 2.05) is 30.3 Å². The van der Waals surface area contributed by atoms with Crippen molar-refractivity contribution in [3.05, 3.63) is 64.6 Å². The van der Waals surface area contributed by atoms with E-state index in [2.05, 4.69) is 29.0 Å². The Morgan fingerprint density at radius 1 is 1.16 bits per heavy atom. The molecule has 0 radical (unpaired) electrons.